The van der Waals surface area contributed by atoms with Gasteiger partial charge in [-0.1, -0.05) is 6.07 Å². The smallest absolute Gasteiger partial charge is 0.411 e. The van der Waals surface area contributed by atoms with Crippen molar-refractivity contribution in [1.29, 1.82) is 0 Å². The lowest BCUT2D eigenvalue weighted by Crippen LogP contribution is -2.13. The summed E-state index contributed by atoms with van der Waals surface area (Å²) < 4.78 is 4.49. The van der Waals surface area contributed by atoms with Gasteiger partial charge in [-0.15, -0.1) is 0 Å². The summed E-state index contributed by atoms with van der Waals surface area (Å²) >= 11 is 0. The maximum atomic E-state index is 11.6. The molecule has 0 aliphatic rings. The number of hydrogen-bond acceptors (Lipinski definition) is 4. The molecule has 0 fully saturated rings. The van der Waals surface area contributed by atoms with Gasteiger partial charge in [0, 0.05) is 17.8 Å². The van der Waals surface area contributed by atoms with E-state index < -0.39 is 6.09 Å². The summed E-state index contributed by atoms with van der Waals surface area (Å²) in [7, 11) is 1.29. The standard InChI is InChI=1S/C13H19N3O3/c1-19-13(18)16-11-6-4-5-10(9-11)15-12(17)7-2-3-8-14/h4-6,9H,2-3,7-8,14H2,1H3,(H,15,17)(H,16,18). The summed E-state index contributed by atoms with van der Waals surface area (Å²) in [5, 5.41) is 5.29. The van der Waals surface area contributed by atoms with Crippen molar-refractivity contribution in [2.45, 2.75) is 19.3 Å². The lowest BCUT2D eigenvalue weighted by atomic mass is 10.2. The van der Waals surface area contributed by atoms with Crippen LogP contribution >= 0.6 is 0 Å². The number of nitrogens with one attached hydrogen (secondary N) is 2. The first-order chi connectivity index (χ1) is 9.15. The first-order valence-corrected chi connectivity index (χ1v) is 6.10. The van der Waals surface area contributed by atoms with Crippen molar-refractivity contribution in [3.63, 3.8) is 0 Å². The van der Waals surface area contributed by atoms with E-state index in [4.69, 9.17) is 5.73 Å². The fourth-order valence-corrected chi connectivity index (χ4v) is 1.50. The van der Waals surface area contributed by atoms with E-state index in [1.54, 1.807) is 24.3 Å². The molecule has 0 bridgehead atoms. The molecule has 6 heteroatoms. The molecule has 1 aromatic rings. The number of nitrogens with two attached hydrogens (primary N) is 1. The summed E-state index contributed by atoms with van der Waals surface area (Å²) in [6.45, 7) is 0.589. The Kier molecular flexibility index (Phi) is 6.38. The molecule has 0 aliphatic heterocycles. The van der Waals surface area contributed by atoms with E-state index in [1.807, 2.05) is 0 Å². The molecule has 1 rings (SSSR count). The molecule has 19 heavy (non-hydrogen) atoms. The van der Waals surface area contributed by atoms with Gasteiger partial charge < -0.3 is 15.8 Å². The Hall–Kier alpha value is -2.08. The molecule has 1 aromatic carbocycles. The van der Waals surface area contributed by atoms with E-state index in [-0.39, 0.29) is 5.91 Å². The second kappa shape index (κ2) is 8.10. The highest BCUT2D eigenvalue weighted by Gasteiger charge is 2.04. The van der Waals surface area contributed by atoms with Gasteiger partial charge in [-0.05, 0) is 37.6 Å². The van der Waals surface area contributed by atoms with Crippen LogP contribution in [0.5, 0.6) is 0 Å². The Morgan fingerprint density at radius 2 is 1.89 bits per heavy atom. The molecule has 0 atom stereocenters. The van der Waals surface area contributed by atoms with Gasteiger partial charge in [-0.2, -0.15) is 0 Å². The summed E-state index contributed by atoms with van der Waals surface area (Å²) in [5.74, 6) is -0.0660. The average molecular weight is 265 g/mol. The third kappa shape index (κ3) is 5.87. The second-order valence-electron chi connectivity index (χ2n) is 3.99. The van der Waals surface area contributed by atoms with Crippen LogP contribution in [0.2, 0.25) is 0 Å². The van der Waals surface area contributed by atoms with E-state index in [1.165, 1.54) is 7.11 Å². The fourth-order valence-electron chi connectivity index (χ4n) is 1.50. The first-order valence-electron chi connectivity index (χ1n) is 6.10. The quantitative estimate of drug-likeness (QED) is 0.685. The van der Waals surface area contributed by atoms with Crippen molar-refractivity contribution in [2.75, 3.05) is 24.3 Å². The molecular formula is C13H19N3O3. The Labute approximate surface area is 112 Å². The molecule has 2 amide bonds. The number of hydrogen-bond donors (Lipinski definition) is 3. The molecule has 0 saturated heterocycles. The maximum Gasteiger partial charge on any atom is 0.411 e. The van der Waals surface area contributed by atoms with Crippen molar-refractivity contribution >= 4 is 23.4 Å². The van der Waals surface area contributed by atoms with Gasteiger partial charge in [0.25, 0.3) is 0 Å². The van der Waals surface area contributed by atoms with Gasteiger partial charge in [0.15, 0.2) is 0 Å². The molecule has 0 spiro atoms. The van der Waals surface area contributed by atoms with Gasteiger partial charge in [0.05, 0.1) is 7.11 Å². The largest absolute Gasteiger partial charge is 0.453 e. The molecule has 6 nitrogen and oxygen atoms in total. The normalized spacial score (nSPS) is 9.79. The van der Waals surface area contributed by atoms with Crippen LogP contribution in [0.15, 0.2) is 24.3 Å². The van der Waals surface area contributed by atoms with E-state index in [9.17, 15) is 9.59 Å². The SMILES string of the molecule is COC(=O)Nc1cccc(NC(=O)CCCCN)c1. The summed E-state index contributed by atoms with van der Waals surface area (Å²) in [6.07, 6.45) is 1.48. The number of unbranched alkanes of at least 4 members (excludes halogenated alkanes) is 1. The third-order valence-electron chi connectivity index (χ3n) is 2.44. The van der Waals surface area contributed by atoms with E-state index in [0.717, 1.165) is 12.8 Å². The maximum absolute atomic E-state index is 11.6. The van der Waals surface area contributed by atoms with Crippen molar-refractivity contribution in [3.8, 4) is 0 Å². The highest BCUT2D eigenvalue weighted by Crippen LogP contribution is 2.15. The zero-order chi connectivity index (χ0) is 14.1. The monoisotopic (exact) mass is 265 g/mol. The average Bonchev–Trinajstić information content (AvgIpc) is 2.39. The van der Waals surface area contributed by atoms with E-state index >= 15 is 0 Å². The zero-order valence-electron chi connectivity index (χ0n) is 10.9. The van der Waals surface area contributed by atoms with Crippen LogP contribution in [0.3, 0.4) is 0 Å². The summed E-state index contributed by atoms with van der Waals surface area (Å²) in [4.78, 5) is 22.7. The van der Waals surface area contributed by atoms with Crippen LogP contribution in [0, 0.1) is 0 Å². The number of carbonyl (C=O) groups is 2. The molecule has 0 radical (unpaired) electrons. The first kappa shape index (κ1) is 15.0. The minimum atomic E-state index is -0.550. The number of ether oxygens (including phenoxy) is 1. The number of methoxy groups -OCH3 is 1. The highest BCUT2D eigenvalue weighted by molar-refractivity contribution is 5.92. The highest BCUT2D eigenvalue weighted by atomic mass is 16.5. The molecule has 0 saturated carbocycles. The Balaban J connectivity index is 2.52. The topological polar surface area (TPSA) is 93.5 Å². The third-order valence-corrected chi connectivity index (χ3v) is 2.44. The minimum absolute atomic E-state index is 0.0660. The Bertz CT molecular complexity index is 435. The second-order valence-corrected chi connectivity index (χ2v) is 3.99. The zero-order valence-corrected chi connectivity index (χ0v) is 10.9. The predicted octanol–water partition coefficient (Wildman–Crippen LogP) is 1.93. The van der Waals surface area contributed by atoms with Gasteiger partial charge in [-0.25, -0.2) is 4.79 Å². The lowest BCUT2D eigenvalue weighted by molar-refractivity contribution is -0.116. The minimum Gasteiger partial charge on any atom is -0.453 e. The van der Waals surface area contributed by atoms with Crippen LogP contribution in [0.4, 0.5) is 16.2 Å². The Morgan fingerprint density at radius 3 is 2.53 bits per heavy atom. The van der Waals surface area contributed by atoms with E-state index in [0.29, 0.717) is 24.3 Å². The van der Waals surface area contributed by atoms with Crippen LogP contribution in [-0.2, 0) is 9.53 Å². The molecular weight excluding hydrogens is 246 g/mol. The fraction of sp³-hybridized carbons (Fsp3) is 0.385. The molecule has 0 unspecified atom stereocenters. The van der Waals surface area contributed by atoms with Gasteiger partial charge >= 0.3 is 6.09 Å². The number of carbonyl (C=O) groups excluding carboxylic acids is 2. The molecule has 0 aromatic heterocycles. The summed E-state index contributed by atoms with van der Waals surface area (Å²) in [5.41, 5.74) is 6.56. The molecule has 104 valence electrons. The Morgan fingerprint density at radius 1 is 1.21 bits per heavy atom. The van der Waals surface area contributed by atoms with Crippen molar-refractivity contribution in [2.24, 2.45) is 5.73 Å². The lowest BCUT2D eigenvalue weighted by Gasteiger charge is -2.08. The van der Waals surface area contributed by atoms with Crippen LogP contribution < -0.4 is 16.4 Å². The predicted molar refractivity (Wildman–Crippen MR) is 74.0 cm³/mol. The number of rotatable bonds is 6. The van der Waals surface area contributed by atoms with Gasteiger partial charge in [-0.3, -0.25) is 10.1 Å². The van der Waals surface area contributed by atoms with Crippen molar-refractivity contribution < 1.29 is 14.3 Å². The van der Waals surface area contributed by atoms with E-state index in [2.05, 4.69) is 15.4 Å². The molecule has 0 heterocycles. The van der Waals surface area contributed by atoms with Crippen LogP contribution in [-0.4, -0.2) is 25.7 Å². The van der Waals surface area contributed by atoms with Crippen molar-refractivity contribution in [3.05, 3.63) is 24.3 Å². The summed E-state index contributed by atoms with van der Waals surface area (Å²) in [6, 6.07) is 6.86. The molecule has 0 aliphatic carbocycles. The number of amides is 2. The number of anilines is 2. The van der Waals surface area contributed by atoms with Crippen LogP contribution in [0.25, 0.3) is 0 Å². The van der Waals surface area contributed by atoms with Gasteiger partial charge in [0.2, 0.25) is 5.91 Å². The van der Waals surface area contributed by atoms with Gasteiger partial charge in [0.1, 0.15) is 0 Å². The van der Waals surface area contributed by atoms with Crippen LogP contribution in [0.1, 0.15) is 19.3 Å². The molecule has 4 N–H and O–H groups in total. The number of benzene rings is 1. The van der Waals surface area contributed by atoms with Crippen molar-refractivity contribution in [1.82, 2.24) is 0 Å².